The number of fused-ring (bicyclic) bond motifs is 3. The molecular formula is C23H20N2O3. The number of carbonyl (C=O) groups excluding carboxylic acids is 1. The van der Waals surface area contributed by atoms with Crippen molar-refractivity contribution in [2.24, 2.45) is 0 Å². The van der Waals surface area contributed by atoms with E-state index in [9.17, 15) is 9.59 Å². The van der Waals surface area contributed by atoms with Crippen LogP contribution < -0.4 is 5.56 Å². The molecule has 1 aromatic heterocycles. The van der Waals surface area contributed by atoms with Crippen LogP contribution in [-0.4, -0.2) is 41.7 Å². The van der Waals surface area contributed by atoms with Gasteiger partial charge in [-0.1, -0.05) is 54.6 Å². The molecule has 140 valence electrons. The lowest BCUT2D eigenvalue weighted by atomic mass is 9.98. The lowest BCUT2D eigenvalue weighted by Crippen LogP contribution is -2.54. The number of aromatic nitrogens is 1. The third kappa shape index (κ3) is 2.51. The molecule has 2 aliphatic heterocycles. The van der Waals surface area contributed by atoms with Gasteiger partial charge in [0.1, 0.15) is 0 Å². The molecule has 1 fully saturated rings. The summed E-state index contributed by atoms with van der Waals surface area (Å²) in [4.78, 5) is 28.4. The van der Waals surface area contributed by atoms with Gasteiger partial charge in [0.25, 0.3) is 11.5 Å². The van der Waals surface area contributed by atoms with Crippen molar-refractivity contribution < 1.29 is 9.53 Å². The van der Waals surface area contributed by atoms with Crippen molar-refractivity contribution in [3.63, 3.8) is 0 Å². The molecule has 28 heavy (non-hydrogen) atoms. The first kappa shape index (κ1) is 17.0. The molecule has 0 bridgehead atoms. The van der Waals surface area contributed by atoms with Gasteiger partial charge in [0, 0.05) is 31.3 Å². The molecule has 2 aromatic carbocycles. The van der Waals surface area contributed by atoms with Crippen molar-refractivity contribution in [2.45, 2.75) is 12.6 Å². The number of rotatable bonds is 3. The van der Waals surface area contributed by atoms with E-state index in [1.807, 2.05) is 54.6 Å². The number of benzene rings is 2. The Bertz CT molecular complexity index is 1130. The van der Waals surface area contributed by atoms with E-state index in [1.165, 1.54) is 0 Å². The monoisotopic (exact) mass is 372 g/mol. The number of amides is 1. The van der Waals surface area contributed by atoms with Gasteiger partial charge in [-0.3, -0.25) is 9.59 Å². The van der Waals surface area contributed by atoms with Crippen LogP contribution in [0.15, 0.2) is 65.5 Å². The number of methoxy groups -OCH3 is 1. The molecule has 5 heteroatoms. The van der Waals surface area contributed by atoms with Crippen molar-refractivity contribution in [1.82, 2.24) is 9.47 Å². The molecule has 0 N–H and O–H groups in total. The molecule has 5 rings (SSSR count). The average Bonchev–Trinajstić information content (AvgIpc) is 3.08. The molecule has 0 radical (unpaired) electrons. The maximum absolute atomic E-state index is 13.3. The Morgan fingerprint density at radius 2 is 1.71 bits per heavy atom. The minimum atomic E-state index is -0.0627. The van der Waals surface area contributed by atoms with Crippen LogP contribution in [0.3, 0.4) is 0 Å². The highest BCUT2D eigenvalue weighted by atomic mass is 16.5. The number of pyridine rings is 1. The van der Waals surface area contributed by atoms with Crippen LogP contribution in [0.1, 0.15) is 15.9 Å². The van der Waals surface area contributed by atoms with Crippen LogP contribution in [0, 0.1) is 0 Å². The third-order valence-electron chi connectivity index (χ3n) is 5.67. The Morgan fingerprint density at radius 1 is 1.00 bits per heavy atom. The first-order valence-electron chi connectivity index (χ1n) is 9.41. The van der Waals surface area contributed by atoms with Gasteiger partial charge < -0.3 is 14.2 Å². The number of carbonyl (C=O) groups is 1. The van der Waals surface area contributed by atoms with E-state index in [2.05, 4.69) is 0 Å². The summed E-state index contributed by atoms with van der Waals surface area (Å²) in [7, 11) is 1.66. The van der Waals surface area contributed by atoms with E-state index < -0.39 is 0 Å². The molecule has 1 saturated heterocycles. The van der Waals surface area contributed by atoms with Crippen molar-refractivity contribution >= 4 is 5.91 Å². The molecule has 5 nitrogen and oxygen atoms in total. The van der Waals surface area contributed by atoms with Crippen molar-refractivity contribution in [1.29, 1.82) is 0 Å². The first-order valence-corrected chi connectivity index (χ1v) is 9.41. The van der Waals surface area contributed by atoms with Gasteiger partial charge in [0.05, 0.1) is 23.9 Å². The SMILES string of the molecule is COC1CN(C(=O)c2cc(-c3ccccc3)c(=O)n3c2-c2ccccc2C3)C1. The number of hydrogen-bond acceptors (Lipinski definition) is 3. The zero-order valence-electron chi connectivity index (χ0n) is 15.6. The minimum Gasteiger partial charge on any atom is -0.378 e. The molecule has 0 saturated carbocycles. The predicted molar refractivity (Wildman–Crippen MR) is 107 cm³/mol. The Labute approximate surface area is 162 Å². The molecular weight excluding hydrogens is 352 g/mol. The van der Waals surface area contributed by atoms with Gasteiger partial charge in [0.15, 0.2) is 0 Å². The Morgan fingerprint density at radius 3 is 2.46 bits per heavy atom. The van der Waals surface area contributed by atoms with Gasteiger partial charge in [-0.2, -0.15) is 0 Å². The summed E-state index contributed by atoms with van der Waals surface area (Å²) in [5.41, 5.74) is 4.66. The lowest BCUT2D eigenvalue weighted by Gasteiger charge is -2.38. The molecule has 0 spiro atoms. The molecule has 1 amide bonds. The maximum atomic E-state index is 13.3. The van der Waals surface area contributed by atoms with Gasteiger partial charge in [-0.05, 0) is 17.2 Å². The van der Waals surface area contributed by atoms with Gasteiger partial charge in [-0.25, -0.2) is 0 Å². The summed E-state index contributed by atoms with van der Waals surface area (Å²) in [6, 6.07) is 19.2. The van der Waals surface area contributed by atoms with Crippen LogP contribution in [-0.2, 0) is 11.3 Å². The molecule has 0 unspecified atom stereocenters. The Kier molecular flexibility index (Phi) is 3.91. The zero-order valence-corrected chi connectivity index (χ0v) is 15.6. The molecule has 2 aliphatic rings. The summed E-state index contributed by atoms with van der Waals surface area (Å²) in [5, 5.41) is 0. The third-order valence-corrected chi connectivity index (χ3v) is 5.67. The minimum absolute atomic E-state index is 0.0501. The summed E-state index contributed by atoms with van der Waals surface area (Å²) < 4.78 is 7.06. The summed E-state index contributed by atoms with van der Waals surface area (Å²) in [6.45, 7) is 1.65. The van der Waals surface area contributed by atoms with E-state index in [0.29, 0.717) is 30.8 Å². The second-order valence-corrected chi connectivity index (χ2v) is 7.30. The van der Waals surface area contributed by atoms with Crippen LogP contribution in [0.25, 0.3) is 22.4 Å². The number of ether oxygens (including phenoxy) is 1. The zero-order chi connectivity index (χ0) is 19.3. The van der Waals surface area contributed by atoms with Gasteiger partial charge in [-0.15, -0.1) is 0 Å². The summed E-state index contributed by atoms with van der Waals surface area (Å²) in [6.07, 6.45) is 0.0873. The van der Waals surface area contributed by atoms with Gasteiger partial charge >= 0.3 is 0 Å². The highest BCUT2D eigenvalue weighted by molar-refractivity contribution is 6.02. The molecule has 3 aromatic rings. The normalized spacial score (nSPS) is 15.1. The fraction of sp³-hybridized carbons (Fsp3) is 0.217. The first-order chi connectivity index (χ1) is 13.7. The number of likely N-dealkylation sites (tertiary alicyclic amines) is 1. The number of hydrogen-bond donors (Lipinski definition) is 0. The Balaban J connectivity index is 1.70. The Hall–Kier alpha value is -3.18. The topological polar surface area (TPSA) is 51.5 Å². The molecule has 0 atom stereocenters. The highest BCUT2D eigenvalue weighted by Gasteiger charge is 2.35. The van der Waals surface area contributed by atoms with Gasteiger partial charge in [0.2, 0.25) is 0 Å². The van der Waals surface area contributed by atoms with Crippen LogP contribution in [0.4, 0.5) is 0 Å². The summed E-state index contributed by atoms with van der Waals surface area (Å²) in [5.74, 6) is -0.0501. The predicted octanol–water partition coefficient (Wildman–Crippen LogP) is 3.01. The van der Waals surface area contributed by atoms with E-state index in [1.54, 1.807) is 22.6 Å². The highest BCUT2D eigenvalue weighted by Crippen LogP contribution is 2.35. The fourth-order valence-corrected chi connectivity index (χ4v) is 4.08. The average molecular weight is 372 g/mol. The van der Waals surface area contributed by atoms with Crippen molar-refractivity contribution in [3.8, 4) is 22.4 Å². The quantitative estimate of drug-likeness (QED) is 0.556. The second-order valence-electron chi connectivity index (χ2n) is 7.30. The van der Waals surface area contributed by atoms with Crippen LogP contribution in [0.2, 0.25) is 0 Å². The van der Waals surface area contributed by atoms with Crippen LogP contribution in [0.5, 0.6) is 0 Å². The smallest absolute Gasteiger partial charge is 0.259 e. The lowest BCUT2D eigenvalue weighted by molar-refractivity contribution is -0.0191. The summed E-state index contributed by atoms with van der Waals surface area (Å²) >= 11 is 0. The maximum Gasteiger partial charge on any atom is 0.259 e. The van der Waals surface area contributed by atoms with E-state index >= 15 is 0 Å². The van der Waals surface area contributed by atoms with Crippen molar-refractivity contribution in [2.75, 3.05) is 20.2 Å². The van der Waals surface area contributed by atoms with E-state index in [4.69, 9.17) is 4.74 Å². The molecule has 0 aliphatic carbocycles. The largest absolute Gasteiger partial charge is 0.378 e. The number of nitrogens with zero attached hydrogens (tertiary/aromatic N) is 2. The van der Waals surface area contributed by atoms with Crippen LogP contribution >= 0.6 is 0 Å². The second kappa shape index (κ2) is 6.46. The standard InChI is InChI=1S/C23H20N2O3/c1-28-17-13-24(14-17)22(26)20-11-19(15-7-3-2-4-8-15)23(27)25-12-16-9-5-6-10-18(16)21(20)25/h2-11,17H,12-14H2,1H3. The van der Waals surface area contributed by atoms with E-state index in [0.717, 1.165) is 22.4 Å². The van der Waals surface area contributed by atoms with Crippen molar-refractivity contribution in [3.05, 3.63) is 82.1 Å². The molecule has 3 heterocycles. The fourth-order valence-electron chi connectivity index (χ4n) is 4.08. The van der Waals surface area contributed by atoms with E-state index in [-0.39, 0.29) is 17.6 Å².